The number of esters is 1. The van der Waals surface area contributed by atoms with E-state index in [2.05, 4.69) is 0 Å². The maximum atomic E-state index is 13.2. The molecular formula is C28H27ClN2O5. The van der Waals surface area contributed by atoms with E-state index in [1.165, 1.54) is 4.90 Å². The lowest BCUT2D eigenvalue weighted by Crippen LogP contribution is -2.33. The van der Waals surface area contributed by atoms with E-state index in [9.17, 15) is 19.2 Å². The van der Waals surface area contributed by atoms with Crippen molar-refractivity contribution in [3.8, 4) is 5.75 Å². The zero-order chi connectivity index (χ0) is 25.3. The number of carbonyl (C=O) groups excluding carboxylic acids is 4. The number of aryl methyl sites for hydroxylation is 2. The highest BCUT2D eigenvalue weighted by Crippen LogP contribution is 2.56. The molecule has 2 saturated carbocycles. The minimum absolute atomic E-state index is 0.0588. The Hall–Kier alpha value is -3.19. The molecule has 0 spiro atoms. The number of carbonyl (C=O) groups is 4. The Bertz CT molecular complexity index is 1300. The van der Waals surface area contributed by atoms with Crippen LogP contribution in [0.2, 0.25) is 5.02 Å². The summed E-state index contributed by atoms with van der Waals surface area (Å²) >= 11 is 6.21. The summed E-state index contributed by atoms with van der Waals surface area (Å²) < 4.78 is 5.61. The van der Waals surface area contributed by atoms with Crippen molar-refractivity contribution in [1.82, 2.24) is 0 Å². The van der Waals surface area contributed by atoms with Gasteiger partial charge in [0.1, 0.15) is 5.75 Å². The van der Waals surface area contributed by atoms with Crippen LogP contribution >= 0.6 is 11.6 Å². The van der Waals surface area contributed by atoms with Crippen molar-refractivity contribution in [3.05, 3.63) is 52.5 Å². The molecule has 2 aliphatic heterocycles. The van der Waals surface area contributed by atoms with Gasteiger partial charge in [-0.25, -0.2) is 4.90 Å². The number of amides is 3. The molecule has 0 radical (unpaired) electrons. The highest BCUT2D eigenvalue weighted by atomic mass is 35.5. The number of hydrogen-bond acceptors (Lipinski definition) is 5. The fourth-order valence-corrected chi connectivity index (χ4v) is 6.83. The smallest absolute Gasteiger partial charge is 0.316 e. The molecule has 2 aromatic rings. The fourth-order valence-electron chi connectivity index (χ4n) is 6.65. The SMILES string of the molecule is Cc1ccc(N2C[C@@H](C(=O)Oc3ccc(N4C(=O)[C@@H]5[C@H]6CC[C@@H](C6)[C@@H]5C4=O)c(C)c3)CC2=O)cc1Cl. The molecule has 4 fully saturated rings. The summed E-state index contributed by atoms with van der Waals surface area (Å²) in [5.41, 5.74) is 2.81. The van der Waals surface area contributed by atoms with Crippen molar-refractivity contribution in [2.75, 3.05) is 16.3 Å². The molecule has 3 amide bonds. The maximum Gasteiger partial charge on any atom is 0.316 e. The van der Waals surface area contributed by atoms with E-state index in [0.717, 1.165) is 24.8 Å². The predicted molar refractivity (Wildman–Crippen MR) is 134 cm³/mol. The van der Waals surface area contributed by atoms with Crippen molar-refractivity contribution in [2.24, 2.45) is 29.6 Å². The van der Waals surface area contributed by atoms with Crippen molar-refractivity contribution < 1.29 is 23.9 Å². The Kier molecular flexibility index (Phi) is 5.45. The van der Waals surface area contributed by atoms with Crippen LogP contribution in [0, 0.1) is 43.4 Å². The van der Waals surface area contributed by atoms with Crippen LogP contribution in [0.25, 0.3) is 0 Å². The number of nitrogens with zero attached hydrogens (tertiary/aromatic N) is 2. The first-order chi connectivity index (χ1) is 17.2. The van der Waals surface area contributed by atoms with E-state index in [0.29, 0.717) is 39.5 Å². The second-order valence-corrected chi connectivity index (χ2v) is 11.0. The van der Waals surface area contributed by atoms with Crippen molar-refractivity contribution in [2.45, 2.75) is 39.5 Å². The van der Waals surface area contributed by atoms with Crippen LogP contribution < -0.4 is 14.5 Å². The van der Waals surface area contributed by atoms with Crippen LogP contribution in [0.5, 0.6) is 5.75 Å². The van der Waals surface area contributed by atoms with E-state index >= 15 is 0 Å². The lowest BCUT2D eigenvalue weighted by atomic mass is 9.81. The molecule has 7 nitrogen and oxygen atoms in total. The Morgan fingerprint density at radius 2 is 1.64 bits per heavy atom. The van der Waals surface area contributed by atoms with Gasteiger partial charge in [-0.3, -0.25) is 19.2 Å². The van der Waals surface area contributed by atoms with Gasteiger partial charge >= 0.3 is 5.97 Å². The minimum atomic E-state index is -0.603. The second kappa shape index (κ2) is 8.44. The summed E-state index contributed by atoms with van der Waals surface area (Å²) in [6, 6.07) is 10.3. The van der Waals surface area contributed by atoms with Crippen LogP contribution in [-0.2, 0) is 19.2 Å². The molecule has 0 N–H and O–H groups in total. The van der Waals surface area contributed by atoms with Crippen LogP contribution in [0.4, 0.5) is 11.4 Å². The highest BCUT2D eigenvalue weighted by Gasteiger charge is 2.61. The van der Waals surface area contributed by atoms with E-state index in [4.69, 9.17) is 16.3 Å². The fraction of sp³-hybridized carbons (Fsp3) is 0.429. The predicted octanol–water partition coefficient (Wildman–Crippen LogP) is 4.45. The molecule has 2 heterocycles. The Labute approximate surface area is 214 Å². The van der Waals surface area contributed by atoms with Crippen molar-refractivity contribution >= 4 is 46.7 Å². The molecule has 6 rings (SSSR count). The second-order valence-electron chi connectivity index (χ2n) is 10.6. The molecule has 2 saturated heterocycles. The maximum absolute atomic E-state index is 13.2. The van der Waals surface area contributed by atoms with Crippen molar-refractivity contribution in [1.29, 1.82) is 0 Å². The third kappa shape index (κ3) is 3.55. The van der Waals surface area contributed by atoms with E-state index in [1.807, 2.05) is 19.1 Å². The molecule has 36 heavy (non-hydrogen) atoms. The first kappa shape index (κ1) is 23.2. The van der Waals surface area contributed by atoms with Crippen LogP contribution in [-0.4, -0.2) is 30.2 Å². The molecule has 8 heteroatoms. The molecular weight excluding hydrogens is 480 g/mol. The zero-order valence-electron chi connectivity index (χ0n) is 20.2. The average Bonchev–Trinajstić information content (AvgIpc) is 3.60. The average molecular weight is 507 g/mol. The number of fused-ring (bicyclic) bond motifs is 5. The van der Waals surface area contributed by atoms with Gasteiger partial charge in [0.2, 0.25) is 17.7 Å². The Morgan fingerprint density at radius 1 is 0.944 bits per heavy atom. The Balaban J connectivity index is 1.15. The minimum Gasteiger partial charge on any atom is -0.426 e. The van der Waals surface area contributed by atoms with Gasteiger partial charge in [-0.2, -0.15) is 0 Å². The monoisotopic (exact) mass is 506 g/mol. The van der Waals surface area contributed by atoms with Gasteiger partial charge in [0.25, 0.3) is 0 Å². The third-order valence-electron chi connectivity index (χ3n) is 8.48. The first-order valence-electron chi connectivity index (χ1n) is 12.5. The quantitative estimate of drug-likeness (QED) is 0.347. The summed E-state index contributed by atoms with van der Waals surface area (Å²) in [6.07, 6.45) is 3.12. The largest absolute Gasteiger partial charge is 0.426 e. The topological polar surface area (TPSA) is 84.0 Å². The van der Waals surface area contributed by atoms with E-state index in [-0.39, 0.29) is 42.5 Å². The molecule has 186 valence electrons. The lowest BCUT2D eigenvalue weighted by molar-refractivity contribution is -0.139. The van der Waals surface area contributed by atoms with E-state index < -0.39 is 11.9 Å². The number of anilines is 2. The standard InChI is InChI=1S/C28H27ClN2O5/c1-14-3-6-19(12-21(14)29)30-13-18(11-23(30)32)28(35)36-20-7-8-22(15(2)9-20)31-26(33)24-16-4-5-17(10-16)25(24)27(31)34/h3,6-9,12,16-18,24-25H,4-5,10-11,13H2,1-2H3/t16-,17-,18-,24-,25+/m0/s1. The molecule has 0 unspecified atom stereocenters. The molecule has 2 bridgehead atoms. The van der Waals surface area contributed by atoms with Crippen molar-refractivity contribution in [3.63, 3.8) is 0 Å². The number of imide groups is 1. The summed E-state index contributed by atoms with van der Waals surface area (Å²) in [6.45, 7) is 3.91. The molecule has 5 atom stereocenters. The lowest BCUT2D eigenvalue weighted by Gasteiger charge is -2.20. The number of benzene rings is 2. The van der Waals surface area contributed by atoms with E-state index in [1.54, 1.807) is 36.1 Å². The van der Waals surface area contributed by atoms with Crippen LogP contribution in [0.1, 0.15) is 36.8 Å². The number of ether oxygens (including phenoxy) is 1. The summed E-state index contributed by atoms with van der Waals surface area (Å²) in [4.78, 5) is 54.7. The molecule has 2 aliphatic carbocycles. The van der Waals surface area contributed by atoms with Gasteiger partial charge in [-0.1, -0.05) is 17.7 Å². The van der Waals surface area contributed by atoms with Gasteiger partial charge in [0, 0.05) is 23.7 Å². The van der Waals surface area contributed by atoms with Crippen LogP contribution in [0.15, 0.2) is 36.4 Å². The number of hydrogen-bond donors (Lipinski definition) is 0. The van der Waals surface area contributed by atoms with Gasteiger partial charge in [-0.05, 0) is 86.4 Å². The van der Waals surface area contributed by atoms with Gasteiger partial charge in [0.15, 0.2) is 0 Å². The van der Waals surface area contributed by atoms with Gasteiger partial charge < -0.3 is 9.64 Å². The van der Waals surface area contributed by atoms with Crippen LogP contribution in [0.3, 0.4) is 0 Å². The number of halogens is 1. The molecule has 2 aromatic carbocycles. The molecule has 0 aromatic heterocycles. The summed E-state index contributed by atoms with van der Waals surface area (Å²) in [5, 5.41) is 0.563. The normalized spacial score (nSPS) is 28.9. The summed E-state index contributed by atoms with van der Waals surface area (Å²) in [5.74, 6) is -0.822. The highest BCUT2D eigenvalue weighted by molar-refractivity contribution is 6.31. The third-order valence-corrected chi connectivity index (χ3v) is 8.89. The van der Waals surface area contributed by atoms with Gasteiger partial charge in [-0.15, -0.1) is 0 Å². The summed E-state index contributed by atoms with van der Waals surface area (Å²) in [7, 11) is 0. The molecule has 4 aliphatic rings. The Morgan fingerprint density at radius 3 is 2.28 bits per heavy atom. The van der Waals surface area contributed by atoms with Gasteiger partial charge in [0.05, 0.1) is 23.4 Å². The number of rotatable bonds is 4. The zero-order valence-corrected chi connectivity index (χ0v) is 21.0. The first-order valence-corrected chi connectivity index (χ1v) is 12.9.